The van der Waals surface area contributed by atoms with Crippen molar-refractivity contribution < 1.29 is 14.6 Å². The van der Waals surface area contributed by atoms with Crippen LogP contribution in [0.25, 0.3) is 0 Å². The highest BCUT2D eigenvalue weighted by atomic mass is 16.5. The summed E-state index contributed by atoms with van der Waals surface area (Å²) >= 11 is 0. The third-order valence-corrected chi connectivity index (χ3v) is 4.57. The fraction of sp³-hybridized carbons (Fsp3) is 0.600. The highest BCUT2D eigenvalue weighted by Gasteiger charge is 2.50. The molecule has 0 amide bonds. The van der Waals surface area contributed by atoms with Crippen LogP contribution in [0, 0.1) is 0 Å². The monoisotopic (exact) mass is 263 g/mol. The van der Waals surface area contributed by atoms with Crippen LogP contribution in [0.1, 0.15) is 24.8 Å². The molecular formula is C15H21NO3. The molecule has 2 aliphatic heterocycles. The molecular weight excluding hydrogens is 242 g/mol. The summed E-state index contributed by atoms with van der Waals surface area (Å²) in [4.78, 5) is 2.39. The quantitative estimate of drug-likeness (QED) is 0.902. The van der Waals surface area contributed by atoms with Crippen LogP contribution in [-0.2, 0) is 5.60 Å². The first-order chi connectivity index (χ1) is 9.19. The van der Waals surface area contributed by atoms with Gasteiger partial charge in [-0.15, -0.1) is 0 Å². The molecule has 0 spiro atoms. The van der Waals surface area contributed by atoms with E-state index in [1.165, 1.54) is 6.42 Å². The average Bonchev–Trinajstić information content (AvgIpc) is 3.03. The van der Waals surface area contributed by atoms with E-state index in [1.807, 2.05) is 18.2 Å². The molecule has 3 rings (SSSR count). The van der Waals surface area contributed by atoms with E-state index in [1.54, 1.807) is 14.2 Å². The number of benzene rings is 1. The van der Waals surface area contributed by atoms with Gasteiger partial charge < -0.3 is 14.6 Å². The van der Waals surface area contributed by atoms with Crippen molar-refractivity contribution in [2.24, 2.45) is 0 Å². The summed E-state index contributed by atoms with van der Waals surface area (Å²) in [7, 11) is 3.29. The largest absolute Gasteiger partial charge is 0.497 e. The molecule has 0 bridgehead atoms. The lowest BCUT2D eigenvalue weighted by molar-refractivity contribution is 0.00719. The van der Waals surface area contributed by atoms with Gasteiger partial charge in [0, 0.05) is 18.2 Å². The maximum Gasteiger partial charge on any atom is 0.125 e. The first kappa shape index (κ1) is 12.8. The van der Waals surface area contributed by atoms with Crippen LogP contribution >= 0.6 is 0 Å². The summed E-state index contributed by atoms with van der Waals surface area (Å²) in [5.41, 5.74) is 0.0554. The van der Waals surface area contributed by atoms with E-state index in [2.05, 4.69) is 4.90 Å². The van der Waals surface area contributed by atoms with Crippen molar-refractivity contribution in [3.63, 3.8) is 0 Å². The van der Waals surface area contributed by atoms with Gasteiger partial charge in [0.15, 0.2) is 0 Å². The van der Waals surface area contributed by atoms with E-state index in [-0.39, 0.29) is 6.04 Å². The Morgan fingerprint density at radius 2 is 2.11 bits per heavy atom. The molecule has 2 heterocycles. The maximum absolute atomic E-state index is 11.2. The molecule has 1 N–H and O–H groups in total. The summed E-state index contributed by atoms with van der Waals surface area (Å²) in [5.74, 6) is 1.51. The van der Waals surface area contributed by atoms with Gasteiger partial charge in [-0.25, -0.2) is 0 Å². The summed E-state index contributed by atoms with van der Waals surface area (Å²) in [6, 6.07) is 5.88. The van der Waals surface area contributed by atoms with Crippen molar-refractivity contribution in [2.75, 3.05) is 27.3 Å². The number of hydrogen-bond donors (Lipinski definition) is 1. The molecule has 1 aromatic carbocycles. The van der Waals surface area contributed by atoms with Crippen molar-refractivity contribution in [3.8, 4) is 11.5 Å². The molecule has 0 aromatic heterocycles. The molecule has 1 aromatic rings. The van der Waals surface area contributed by atoms with Gasteiger partial charge in [-0.2, -0.15) is 0 Å². The van der Waals surface area contributed by atoms with E-state index < -0.39 is 5.60 Å². The summed E-state index contributed by atoms with van der Waals surface area (Å²) in [5, 5.41) is 11.2. The first-order valence-corrected chi connectivity index (χ1v) is 6.88. The van der Waals surface area contributed by atoms with E-state index >= 15 is 0 Å². The van der Waals surface area contributed by atoms with Gasteiger partial charge in [0.2, 0.25) is 0 Å². The summed E-state index contributed by atoms with van der Waals surface area (Å²) < 4.78 is 10.7. The standard InChI is InChI=1S/C15H21NO3/c1-18-11-5-6-13(19-2)12(10-11)15(17)7-9-16-8-3-4-14(15)16/h5-6,10,14,17H,3-4,7-9H2,1-2H3. The Morgan fingerprint density at radius 1 is 1.26 bits per heavy atom. The fourth-order valence-electron chi connectivity index (χ4n) is 3.58. The zero-order chi connectivity index (χ0) is 13.5. The third-order valence-electron chi connectivity index (χ3n) is 4.57. The molecule has 104 valence electrons. The fourth-order valence-corrected chi connectivity index (χ4v) is 3.58. The van der Waals surface area contributed by atoms with E-state index in [9.17, 15) is 5.11 Å². The molecule has 2 fully saturated rings. The molecule has 0 radical (unpaired) electrons. The molecule has 4 nitrogen and oxygen atoms in total. The molecule has 2 atom stereocenters. The van der Waals surface area contributed by atoms with Gasteiger partial charge in [0.05, 0.1) is 14.2 Å². The highest BCUT2D eigenvalue weighted by Crippen LogP contribution is 2.46. The van der Waals surface area contributed by atoms with Crippen molar-refractivity contribution in [2.45, 2.75) is 30.9 Å². The van der Waals surface area contributed by atoms with E-state index in [0.29, 0.717) is 0 Å². The van der Waals surface area contributed by atoms with Crippen LogP contribution < -0.4 is 9.47 Å². The Hall–Kier alpha value is -1.26. The van der Waals surface area contributed by atoms with Gasteiger partial charge in [-0.3, -0.25) is 4.90 Å². The second-order valence-electron chi connectivity index (χ2n) is 5.43. The normalized spacial score (nSPS) is 30.4. The summed E-state index contributed by atoms with van der Waals surface area (Å²) in [6.45, 7) is 2.06. The summed E-state index contributed by atoms with van der Waals surface area (Å²) in [6.07, 6.45) is 2.98. The SMILES string of the molecule is COc1ccc(OC)c(C2(O)CCN3CCCC32)c1. The maximum atomic E-state index is 11.2. The van der Waals surface area contributed by atoms with Gasteiger partial charge in [-0.05, 0) is 44.0 Å². The van der Waals surface area contributed by atoms with Crippen LogP contribution in [0.2, 0.25) is 0 Å². The number of fused-ring (bicyclic) bond motifs is 1. The van der Waals surface area contributed by atoms with Crippen LogP contribution in [0.15, 0.2) is 18.2 Å². The smallest absolute Gasteiger partial charge is 0.125 e. The average molecular weight is 263 g/mol. The van der Waals surface area contributed by atoms with Crippen LogP contribution in [0.4, 0.5) is 0 Å². The van der Waals surface area contributed by atoms with Crippen molar-refractivity contribution in [3.05, 3.63) is 23.8 Å². The predicted octanol–water partition coefficient (Wildman–Crippen LogP) is 1.76. The number of aliphatic hydroxyl groups is 1. The topological polar surface area (TPSA) is 41.9 Å². The Morgan fingerprint density at radius 3 is 2.84 bits per heavy atom. The van der Waals surface area contributed by atoms with Crippen molar-refractivity contribution in [1.82, 2.24) is 4.90 Å². The van der Waals surface area contributed by atoms with Gasteiger partial charge in [0.25, 0.3) is 0 Å². The Bertz CT molecular complexity index is 476. The molecule has 19 heavy (non-hydrogen) atoms. The lowest BCUT2D eigenvalue weighted by Crippen LogP contribution is -2.39. The minimum absolute atomic E-state index is 0.216. The van der Waals surface area contributed by atoms with Crippen LogP contribution in [0.5, 0.6) is 11.5 Å². The zero-order valence-corrected chi connectivity index (χ0v) is 11.6. The number of methoxy groups -OCH3 is 2. The van der Waals surface area contributed by atoms with Gasteiger partial charge in [0.1, 0.15) is 17.1 Å². The van der Waals surface area contributed by atoms with Crippen LogP contribution in [-0.4, -0.2) is 43.4 Å². The van der Waals surface area contributed by atoms with Crippen molar-refractivity contribution >= 4 is 0 Å². The van der Waals surface area contributed by atoms with Crippen LogP contribution in [0.3, 0.4) is 0 Å². The van der Waals surface area contributed by atoms with E-state index in [4.69, 9.17) is 9.47 Å². The minimum atomic E-state index is -0.809. The lowest BCUT2D eigenvalue weighted by atomic mass is 9.84. The van der Waals surface area contributed by atoms with Gasteiger partial charge in [-0.1, -0.05) is 0 Å². The molecule has 2 saturated heterocycles. The Labute approximate surface area is 113 Å². The molecule has 0 saturated carbocycles. The Balaban J connectivity index is 2.04. The third kappa shape index (κ3) is 1.90. The molecule has 2 aliphatic rings. The highest BCUT2D eigenvalue weighted by molar-refractivity contribution is 5.45. The second kappa shape index (κ2) is 4.69. The second-order valence-corrected chi connectivity index (χ2v) is 5.43. The molecule has 4 heteroatoms. The number of hydrogen-bond acceptors (Lipinski definition) is 4. The molecule has 2 unspecified atom stereocenters. The number of rotatable bonds is 3. The zero-order valence-electron chi connectivity index (χ0n) is 11.6. The van der Waals surface area contributed by atoms with Crippen molar-refractivity contribution in [1.29, 1.82) is 0 Å². The lowest BCUT2D eigenvalue weighted by Gasteiger charge is -2.31. The predicted molar refractivity (Wildman–Crippen MR) is 72.7 cm³/mol. The first-order valence-electron chi connectivity index (χ1n) is 6.88. The van der Waals surface area contributed by atoms with E-state index in [0.717, 1.165) is 43.0 Å². The van der Waals surface area contributed by atoms with Gasteiger partial charge >= 0.3 is 0 Å². The molecule has 0 aliphatic carbocycles. The Kier molecular flexibility index (Phi) is 3.15. The minimum Gasteiger partial charge on any atom is -0.497 e. The number of nitrogens with zero attached hydrogens (tertiary/aromatic N) is 1. The number of ether oxygens (including phenoxy) is 2.